The molecule has 0 aliphatic heterocycles. The molecule has 0 aliphatic carbocycles. The number of nitrogens with zero attached hydrogens (tertiary/aromatic N) is 1. The van der Waals surface area contributed by atoms with Gasteiger partial charge >= 0.3 is 5.97 Å². The van der Waals surface area contributed by atoms with Gasteiger partial charge in [-0.2, -0.15) is 4.31 Å². The quantitative estimate of drug-likeness (QED) is 0.735. The first-order chi connectivity index (χ1) is 11.8. The van der Waals surface area contributed by atoms with Gasteiger partial charge in [0.25, 0.3) is 0 Å². The lowest BCUT2D eigenvalue weighted by Gasteiger charge is -2.17. The van der Waals surface area contributed by atoms with Crippen molar-refractivity contribution in [3.05, 3.63) is 65.2 Å². The maximum Gasteiger partial charge on any atom is 0.338 e. The van der Waals surface area contributed by atoms with Crippen LogP contribution in [0.25, 0.3) is 0 Å². The minimum absolute atomic E-state index is 0.0226. The summed E-state index contributed by atoms with van der Waals surface area (Å²) >= 11 is 0. The molecule has 2 rings (SSSR count). The van der Waals surface area contributed by atoms with Crippen LogP contribution in [-0.2, 0) is 21.3 Å². The van der Waals surface area contributed by atoms with E-state index in [0.717, 1.165) is 16.4 Å². The predicted octanol–water partition coefficient (Wildman–Crippen LogP) is 2.96. The van der Waals surface area contributed by atoms with E-state index in [2.05, 4.69) is 0 Å². The van der Waals surface area contributed by atoms with Crippen molar-refractivity contribution in [2.24, 2.45) is 0 Å². The summed E-state index contributed by atoms with van der Waals surface area (Å²) in [5.74, 6) is -2.58. The lowest BCUT2D eigenvalue weighted by atomic mass is 10.2. The fraction of sp³-hybridized carbons (Fsp3) is 0.235. The predicted molar refractivity (Wildman–Crippen MR) is 87.4 cm³/mol. The molecule has 0 bridgehead atoms. The molecule has 0 amide bonds. The third-order valence-corrected chi connectivity index (χ3v) is 5.28. The second-order valence-corrected chi connectivity index (χ2v) is 7.30. The molecule has 0 unspecified atom stereocenters. The third kappa shape index (κ3) is 4.40. The first-order valence-electron chi connectivity index (χ1n) is 7.43. The SMILES string of the molecule is CCOC(=O)c1ccc(S(=O)(=O)N(C)Cc2ccc(F)c(F)c2)cc1. The first-order valence-corrected chi connectivity index (χ1v) is 8.87. The second kappa shape index (κ2) is 7.71. The van der Waals surface area contributed by atoms with Crippen LogP contribution in [0.15, 0.2) is 47.4 Å². The summed E-state index contributed by atoms with van der Waals surface area (Å²) in [6.45, 7) is 1.76. The zero-order valence-corrected chi connectivity index (χ0v) is 14.5. The molecule has 2 aromatic rings. The Balaban J connectivity index is 2.19. The van der Waals surface area contributed by atoms with E-state index in [-0.39, 0.29) is 23.6 Å². The molecule has 25 heavy (non-hydrogen) atoms. The molecule has 0 aromatic heterocycles. The Labute approximate surface area is 144 Å². The van der Waals surface area contributed by atoms with Crippen molar-refractivity contribution in [2.75, 3.05) is 13.7 Å². The molecule has 0 spiro atoms. The lowest BCUT2D eigenvalue weighted by molar-refractivity contribution is 0.0526. The number of benzene rings is 2. The molecule has 0 fully saturated rings. The Morgan fingerprint density at radius 1 is 1.08 bits per heavy atom. The van der Waals surface area contributed by atoms with Crippen LogP contribution >= 0.6 is 0 Å². The van der Waals surface area contributed by atoms with Crippen molar-refractivity contribution >= 4 is 16.0 Å². The van der Waals surface area contributed by atoms with E-state index in [1.54, 1.807) is 6.92 Å². The molecular weight excluding hydrogens is 352 g/mol. The van der Waals surface area contributed by atoms with Gasteiger partial charge in [-0.15, -0.1) is 0 Å². The highest BCUT2D eigenvalue weighted by Crippen LogP contribution is 2.19. The lowest BCUT2D eigenvalue weighted by Crippen LogP contribution is -2.26. The monoisotopic (exact) mass is 369 g/mol. The number of hydrogen-bond donors (Lipinski definition) is 0. The van der Waals surface area contributed by atoms with E-state index in [9.17, 15) is 22.0 Å². The van der Waals surface area contributed by atoms with E-state index in [0.29, 0.717) is 5.56 Å². The van der Waals surface area contributed by atoms with Gasteiger partial charge < -0.3 is 4.74 Å². The van der Waals surface area contributed by atoms with Crippen LogP contribution < -0.4 is 0 Å². The van der Waals surface area contributed by atoms with Gasteiger partial charge in [-0.3, -0.25) is 0 Å². The largest absolute Gasteiger partial charge is 0.462 e. The number of carbonyl (C=O) groups is 1. The number of rotatable bonds is 6. The zero-order valence-electron chi connectivity index (χ0n) is 13.7. The van der Waals surface area contributed by atoms with Crippen LogP contribution in [0.3, 0.4) is 0 Å². The average molecular weight is 369 g/mol. The van der Waals surface area contributed by atoms with E-state index < -0.39 is 27.6 Å². The van der Waals surface area contributed by atoms with E-state index in [1.165, 1.54) is 37.4 Å². The highest BCUT2D eigenvalue weighted by atomic mass is 32.2. The third-order valence-electron chi connectivity index (χ3n) is 3.46. The van der Waals surface area contributed by atoms with Crippen LogP contribution in [0.2, 0.25) is 0 Å². The molecule has 0 N–H and O–H groups in total. The Kier molecular flexibility index (Phi) is 5.86. The Morgan fingerprint density at radius 3 is 2.28 bits per heavy atom. The van der Waals surface area contributed by atoms with Gasteiger partial charge in [-0.1, -0.05) is 6.07 Å². The second-order valence-electron chi connectivity index (χ2n) is 5.25. The van der Waals surface area contributed by atoms with Gasteiger partial charge in [0, 0.05) is 13.6 Å². The summed E-state index contributed by atoms with van der Waals surface area (Å²) < 4.78 is 57.1. The van der Waals surface area contributed by atoms with Crippen molar-refractivity contribution in [2.45, 2.75) is 18.4 Å². The van der Waals surface area contributed by atoms with Crippen molar-refractivity contribution in [1.29, 1.82) is 0 Å². The molecule has 8 heteroatoms. The van der Waals surface area contributed by atoms with E-state index in [4.69, 9.17) is 4.74 Å². The van der Waals surface area contributed by atoms with Crippen LogP contribution in [0.4, 0.5) is 8.78 Å². The minimum atomic E-state index is -3.85. The maximum absolute atomic E-state index is 13.2. The van der Waals surface area contributed by atoms with E-state index >= 15 is 0 Å². The fourth-order valence-corrected chi connectivity index (χ4v) is 3.30. The van der Waals surface area contributed by atoms with Crippen molar-refractivity contribution in [1.82, 2.24) is 4.31 Å². The molecule has 134 valence electrons. The smallest absolute Gasteiger partial charge is 0.338 e. The molecule has 5 nitrogen and oxygen atoms in total. The van der Waals surface area contributed by atoms with Gasteiger partial charge in [0.05, 0.1) is 17.1 Å². The summed E-state index contributed by atoms with van der Waals surface area (Å²) in [5, 5.41) is 0. The van der Waals surface area contributed by atoms with Gasteiger partial charge in [-0.05, 0) is 48.9 Å². The number of hydrogen-bond acceptors (Lipinski definition) is 4. The number of sulfonamides is 1. The van der Waals surface area contributed by atoms with Crippen LogP contribution in [0.1, 0.15) is 22.8 Å². The number of ether oxygens (including phenoxy) is 1. The molecule has 0 saturated heterocycles. The fourth-order valence-electron chi connectivity index (χ4n) is 2.14. The Bertz CT molecular complexity index is 867. The molecular formula is C17H17F2NO4S. The normalized spacial score (nSPS) is 11.6. The Hall–Kier alpha value is -2.32. The number of esters is 1. The number of halogens is 2. The number of carbonyl (C=O) groups excluding carboxylic acids is 1. The Morgan fingerprint density at radius 2 is 1.72 bits per heavy atom. The topological polar surface area (TPSA) is 63.7 Å². The summed E-state index contributed by atoms with van der Waals surface area (Å²) in [7, 11) is -2.52. The van der Waals surface area contributed by atoms with Crippen molar-refractivity contribution in [3.8, 4) is 0 Å². The first kappa shape index (κ1) is 19.0. The highest BCUT2D eigenvalue weighted by Gasteiger charge is 2.22. The summed E-state index contributed by atoms with van der Waals surface area (Å²) in [6, 6.07) is 8.51. The molecule has 0 atom stereocenters. The van der Waals surface area contributed by atoms with Gasteiger partial charge in [0.15, 0.2) is 11.6 Å². The molecule has 2 aromatic carbocycles. The van der Waals surface area contributed by atoms with Gasteiger partial charge in [0.1, 0.15) is 0 Å². The molecule has 0 aliphatic rings. The van der Waals surface area contributed by atoms with Crippen molar-refractivity contribution < 1.29 is 26.7 Å². The van der Waals surface area contributed by atoms with Crippen LogP contribution in [0, 0.1) is 11.6 Å². The van der Waals surface area contributed by atoms with Crippen LogP contribution in [-0.4, -0.2) is 32.3 Å². The maximum atomic E-state index is 13.2. The summed E-state index contributed by atoms with van der Waals surface area (Å²) in [4.78, 5) is 11.6. The molecule has 0 radical (unpaired) electrons. The molecule has 0 saturated carbocycles. The minimum Gasteiger partial charge on any atom is -0.462 e. The van der Waals surface area contributed by atoms with Crippen molar-refractivity contribution in [3.63, 3.8) is 0 Å². The standard InChI is InChI=1S/C17H17F2NO4S/c1-3-24-17(21)13-5-7-14(8-6-13)25(22,23)20(2)11-12-4-9-15(18)16(19)10-12/h4-10H,3,11H2,1-2H3. The van der Waals surface area contributed by atoms with E-state index in [1.807, 2.05) is 0 Å². The zero-order chi connectivity index (χ0) is 18.6. The average Bonchev–Trinajstić information content (AvgIpc) is 2.58. The van der Waals surface area contributed by atoms with Gasteiger partial charge in [0.2, 0.25) is 10.0 Å². The summed E-state index contributed by atoms with van der Waals surface area (Å²) in [5.41, 5.74) is 0.553. The highest BCUT2D eigenvalue weighted by molar-refractivity contribution is 7.89. The van der Waals surface area contributed by atoms with Gasteiger partial charge in [-0.25, -0.2) is 22.0 Å². The van der Waals surface area contributed by atoms with Crippen LogP contribution in [0.5, 0.6) is 0 Å². The molecule has 0 heterocycles. The summed E-state index contributed by atoms with van der Waals surface area (Å²) in [6.07, 6.45) is 0.